The Balaban J connectivity index is 1.85. The number of hydrogen-bond acceptors (Lipinski definition) is 4. The number of halogens is 5. The number of aryl methyl sites for hydroxylation is 1. The van der Waals surface area contributed by atoms with E-state index in [1.807, 2.05) is 6.92 Å². The Labute approximate surface area is 294 Å². The summed E-state index contributed by atoms with van der Waals surface area (Å²) < 4.78 is 70.3. The van der Waals surface area contributed by atoms with E-state index < -0.39 is 46.2 Å². The van der Waals surface area contributed by atoms with Crippen LogP contribution in [0.1, 0.15) is 42.0 Å². The highest BCUT2D eigenvalue weighted by Gasteiger charge is 2.36. The number of benzene rings is 4. The lowest BCUT2D eigenvalue weighted by molar-refractivity contribution is -0.140. The summed E-state index contributed by atoms with van der Waals surface area (Å²) in [4.78, 5) is 29.4. The molecule has 0 aliphatic carbocycles. The first-order valence-electron chi connectivity index (χ1n) is 15.5. The summed E-state index contributed by atoms with van der Waals surface area (Å²) in [5.41, 5.74) is 0.518. The zero-order valence-electron chi connectivity index (χ0n) is 26.9. The topological polar surface area (TPSA) is 86.8 Å². The lowest BCUT2D eigenvalue weighted by Gasteiger charge is -2.34. The number of amides is 2. The largest absolute Gasteiger partial charge is 0.416 e. The normalized spacial score (nSPS) is 12.3. The molecule has 0 fully saturated rings. The molecule has 260 valence electrons. The third-order valence-corrected chi connectivity index (χ3v) is 10.3. The number of nitrogens with one attached hydrogen (secondary N) is 1. The van der Waals surface area contributed by atoms with Crippen LogP contribution in [0.25, 0.3) is 0 Å². The van der Waals surface area contributed by atoms with E-state index in [0.717, 1.165) is 29.7 Å². The summed E-state index contributed by atoms with van der Waals surface area (Å²) >= 11 is 12.4. The summed E-state index contributed by atoms with van der Waals surface area (Å²) in [6.45, 7) is 2.96. The van der Waals surface area contributed by atoms with Crippen molar-refractivity contribution in [2.24, 2.45) is 0 Å². The molecule has 1 atom stereocenters. The molecule has 49 heavy (non-hydrogen) atoms. The second kappa shape index (κ2) is 16.6. The molecule has 1 unspecified atom stereocenters. The van der Waals surface area contributed by atoms with Crippen molar-refractivity contribution >= 4 is 50.7 Å². The van der Waals surface area contributed by atoms with Crippen molar-refractivity contribution in [1.82, 2.24) is 10.2 Å². The van der Waals surface area contributed by atoms with Crippen LogP contribution in [0, 0.1) is 6.92 Å². The monoisotopic (exact) mass is 733 g/mol. The third-order valence-electron chi connectivity index (χ3n) is 7.79. The maximum atomic E-state index is 14.5. The zero-order chi connectivity index (χ0) is 35.8. The fourth-order valence-electron chi connectivity index (χ4n) is 5.10. The van der Waals surface area contributed by atoms with Crippen molar-refractivity contribution in [3.05, 3.63) is 129 Å². The van der Waals surface area contributed by atoms with Crippen molar-refractivity contribution in [2.45, 2.75) is 56.8 Å². The van der Waals surface area contributed by atoms with Crippen molar-refractivity contribution in [3.63, 3.8) is 0 Å². The molecular formula is C36H36Cl2F3N3O4S. The molecule has 13 heteroatoms. The van der Waals surface area contributed by atoms with Gasteiger partial charge in [-0.25, -0.2) is 8.42 Å². The molecule has 4 rings (SSSR count). The molecule has 4 aromatic carbocycles. The van der Waals surface area contributed by atoms with Crippen LogP contribution < -0.4 is 9.62 Å². The maximum Gasteiger partial charge on any atom is 0.416 e. The Kier molecular flexibility index (Phi) is 12.8. The van der Waals surface area contributed by atoms with Crippen molar-refractivity contribution < 1.29 is 31.2 Å². The number of alkyl halides is 3. The van der Waals surface area contributed by atoms with E-state index in [-0.39, 0.29) is 33.6 Å². The van der Waals surface area contributed by atoms with Crippen molar-refractivity contribution in [1.29, 1.82) is 0 Å². The summed E-state index contributed by atoms with van der Waals surface area (Å²) in [5, 5.41) is 3.34. The van der Waals surface area contributed by atoms with Gasteiger partial charge in [0.05, 0.1) is 26.2 Å². The van der Waals surface area contributed by atoms with E-state index >= 15 is 0 Å². The minimum Gasteiger partial charge on any atom is -0.354 e. The number of rotatable bonds is 14. The van der Waals surface area contributed by atoms with Crippen LogP contribution in [0.5, 0.6) is 0 Å². The molecule has 2 amide bonds. The number of carbonyl (C=O) groups is 2. The molecule has 0 spiro atoms. The molecule has 0 saturated carbocycles. The minimum atomic E-state index is -4.78. The van der Waals surface area contributed by atoms with Gasteiger partial charge in [-0.3, -0.25) is 13.9 Å². The predicted molar refractivity (Wildman–Crippen MR) is 186 cm³/mol. The van der Waals surface area contributed by atoms with E-state index in [1.54, 1.807) is 55.5 Å². The molecule has 0 saturated heterocycles. The van der Waals surface area contributed by atoms with E-state index in [9.17, 15) is 31.2 Å². The second-order valence-corrected chi connectivity index (χ2v) is 14.2. The maximum absolute atomic E-state index is 14.5. The summed E-state index contributed by atoms with van der Waals surface area (Å²) in [6.07, 6.45) is -3.22. The van der Waals surface area contributed by atoms with Crippen LogP contribution in [0.4, 0.5) is 18.9 Å². The number of anilines is 1. The second-order valence-electron chi connectivity index (χ2n) is 11.5. The molecule has 0 aromatic heterocycles. The molecule has 1 N–H and O–H groups in total. The highest BCUT2D eigenvalue weighted by molar-refractivity contribution is 7.92. The van der Waals surface area contributed by atoms with E-state index in [0.29, 0.717) is 28.9 Å². The number of carbonyl (C=O) groups excluding carboxylic acids is 2. The number of nitrogens with zero attached hydrogens (tertiary/aromatic N) is 2. The lowest BCUT2D eigenvalue weighted by Crippen LogP contribution is -2.53. The van der Waals surface area contributed by atoms with Gasteiger partial charge in [-0.1, -0.05) is 96.7 Å². The van der Waals surface area contributed by atoms with Crippen LogP contribution in [-0.2, 0) is 38.8 Å². The fraction of sp³-hybridized carbons (Fsp3) is 0.278. The number of hydrogen-bond donors (Lipinski definition) is 1. The molecule has 4 aromatic rings. The Hall–Kier alpha value is -4.06. The van der Waals surface area contributed by atoms with Gasteiger partial charge in [0.25, 0.3) is 10.0 Å². The summed E-state index contributed by atoms with van der Waals surface area (Å²) in [6, 6.07) is 22.0. The minimum absolute atomic E-state index is 0.0696. The summed E-state index contributed by atoms with van der Waals surface area (Å²) in [5.74, 6) is -1.30. The molecule has 0 radical (unpaired) electrons. The van der Waals surface area contributed by atoms with E-state index in [1.165, 1.54) is 35.2 Å². The van der Waals surface area contributed by atoms with Gasteiger partial charge in [-0.05, 0) is 66.9 Å². The molecule has 0 heterocycles. The first-order chi connectivity index (χ1) is 23.2. The van der Waals surface area contributed by atoms with Gasteiger partial charge in [-0.15, -0.1) is 0 Å². The summed E-state index contributed by atoms with van der Waals surface area (Å²) in [7, 11) is -4.59. The first kappa shape index (κ1) is 37.8. The van der Waals surface area contributed by atoms with Crippen LogP contribution in [0.15, 0.2) is 102 Å². The third kappa shape index (κ3) is 9.99. The van der Waals surface area contributed by atoms with Gasteiger partial charge in [0.2, 0.25) is 11.8 Å². The fourth-order valence-corrected chi connectivity index (χ4v) is 6.83. The Morgan fingerprint density at radius 2 is 1.55 bits per heavy atom. The van der Waals surface area contributed by atoms with E-state index in [4.69, 9.17) is 23.2 Å². The highest BCUT2D eigenvalue weighted by Crippen LogP contribution is 2.34. The average molecular weight is 735 g/mol. The number of unbranched alkanes of at least 4 members (excludes halogenated alkanes) is 1. The molecule has 0 aliphatic rings. The Morgan fingerprint density at radius 1 is 0.857 bits per heavy atom. The predicted octanol–water partition coefficient (Wildman–Crippen LogP) is 8.07. The number of sulfonamides is 1. The highest BCUT2D eigenvalue weighted by atomic mass is 35.5. The van der Waals surface area contributed by atoms with Crippen molar-refractivity contribution in [2.75, 3.05) is 17.4 Å². The van der Waals surface area contributed by atoms with Gasteiger partial charge in [-0.2, -0.15) is 13.2 Å². The first-order valence-corrected chi connectivity index (χ1v) is 17.7. The molecule has 0 bridgehead atoms. The molecule has 7 nitrogen and oxygen atoms in total. The average Bonchev–Trinajstić information content (AvgIpc) is 3.07. The lowest BCUT2D eigenvalue weighted by atomic mass is 10.0. The smallest absolute Gasteiger partial charge is 0.354 e. The van der Waals surface area contributed by atoms with Gasteiger partial charge in [0, 0.05) is 19.5 Å². The van der Waals surface area contributed by atoms with Gasteiger partial charge in [0.15, 0.2) is 0 Å². The standard InChI is InChI=1S/C36H36Cl2F3N3O4S/c1-3-4-19-42-35(46)33(21-26-9-6-5-7-10-26)43(23-27-15-18-31(37)32(38)20-27)34(45)24-44(29-12-8-11-28(22-29)36(39,40)41)49(47,48)30-16-13-25(2)14-17-30/h5-18,20,22,33H,3-4,19,21,23-24H2,1-2H3,(H,42,46). The van der Waals surface area contributed by atoms with Crippen LogP contribution in [0.3, 0.4) is 0 Å². The van der Waals surface area contributed by atoms with Crippen LogP contribution in [-0.4, -0.2) is 44.3 Å². The molecular weight excluding hydrogens is 698 g/mol. The Morgan fingerprint density at radius 3 is 2.18 bits per heavy atom. The van der Waals surface area contributed by atoms with Gasteiger partial charge >= 0.3 is 6.18 Å². The van der Waals surface area contributed by atoms with E-state index in [2.05, 4.69) is 5.32 Å². The van der Waals surface area contributed by atoms with Crippen LogP contribution >= 0.6 is 23.2 Å². The quantitative estimate of drug-likeness (QED) is 0.133. The zero-order valence-corrected chi connectivity index (χ0v) is 29.2. The van der Waals surface area contributed by atoms with Crippen LogP contribution in [0.2, 0.25) is 10.0 Å². The van der Waals surface area contributed by atoms with Gasteiger partial charge in [0.1, 0.15) is 12.6 Å². The Bertz CT molecular complexity index is 1860. The molecule has 0 aliphatic heterocycles. The van der Waals surface area contributed by atoms with Crippen molar-refractivity contribution in [3.8, 4) is 0 Å². The van der Waals surface area contributed by atoms with Gasteiger partial charge < -0.3 is 10.2 Å². The SMILES string of the molecule is CCCCNC(=O)C(Cc1ccccc1)N(Cc1ccc(Cl)c(Cl)c1)C(=O)CN(c1cccc(C(F)(F)F)c1)S(=O)(=O)c1ccc(C)cc1.